The molecule has 0 saturated carbocycles. The number of halogens is 1. The van der Waals surface area contributed by atoms with Gasteiger partial charge in [-0.15, -0.1) is 0 Å². The van der Waals surface area contributed by atoms with Gasteiger partial charge in [0, 0.05) is 12.8 Å². The fourth-order valence-corrected chi connectivity index (χ4v) is 4.69. The van der Waals surface area contributed by atoms with E-state index in [9.17, 15) is 16.8 Å². The topological polar surface area (TPSA) is 92.3 Å². The van der Waals surface area contributed by atoms with Gasteiger partial charge in [-0.1, -0.05) is 11.6 Å². The van der Waals surface area contributed by atoms with E-state index in [1.165, 1.54) is 12.1 Å². The standard InChI is InChI=1S/C13H19ClN2O4S2/c1-21(17,18)11-4-5-12(14)13(7-11)22(19,20)16-9-10-3-2-6-15-8-10/h4-5,7,10,15-16H,2-3,6,8-9H2,1H3/t10-/m0/s1. The SMILES string of the molecule is CS(=O)(=O)c1ccc(Cl)c(S(=O)(=O)NC[C@H]2CCCNC2)c1. The number of sulfone groups is 1. The van der Waals surface area contributed by atoms with Crippen LogP contribution >= 0.6 is 11.6 Å². The minimum atomic E-state index is -3.85. The van der Waals surface area contributed by atoms with Gasteiger partial charge in [0.05, 0.1) is 9.92 Å². The molecule has 2 rings (SSSR count). The lowest BCUT2D eigenvalue weighted by molar-refractivity contribution is 0.376. The molecule has 1 atom stereocenters. The van der Waals surface area contributed by atoms with Crippen molar-refractivity contribution in [3.8, 4) is 0 Å². The molecule has 0 bridgehead atoms. The summed E-state index contributed by atoms with van der Waals surface area (Å²) in [6.45, 7) is 2.01. The Bertz CT molecular complexity index is 741. The lowest BCUT2D eigenvalue weighted by atomic mass is 10.0. The summed E-state index contributed by atoms with van der Waals surface area (Å²) in [7, 11) is -7.35. The van der Waals surface area contributed by atoms with E-state index < -0.39 is 19.9 Å². The summed E-state index contributed by atoms with van der Waals surface area (Å²) in [5, 5.41) is 3.21. The van der Waals surface area contributed by atoms with Gasteiger partial charge < -0.3 is 5.32 Å². The minimum absolute atomic E-state index is 0.00155. The summed E-state index contributed by atoms with van der Waals surface area (Å²) >= 11 is 5.93. The molecule has 1 saturated heterocycles. The third kappa shape index (κ3) is 4.42. The van der Waals surface area contributed by atoms with Crippen molar-refractivity contribution >= 4 is 31.5 Å². The summed E-state index contributed by atoms with van der Waals surface area (Å²) in [5.74, 6) is 0.223. The molecule has 0 spiro atoms. The molecule has 0 unspecified atom stereocenters. The van der Waals surface area contributed by atoms with E-state index in [1.54, 1.807) is 0 Å². The van der Waals surface area contributed by atoms with E-state index in [1.807, 2.05) is 0 Å². The lowest BCUT2D eigenvalue weighted by Gasteiger charge is -2.23. The number of sulfonamides is 1. The average Bonchev–Trinajstić information content (AvgIpc) is 2.45. The molecule has 0 amide bonds. The van der Waals surface area contributed by atoms with Crippen LogP contribution < -0.4 is 10.0 Å². The summed E-state index contributed by atoms with van der Waals surface area (Å²) in [4.78, 5) is -0.280. The highest BCUT2D eigenvalue weighted by Crippen LogP contribution is 2.25. The Morgan fingerprint density at radius 2 is 2.05 bits per heavy atom. The number of hydrogen-bond acceptors (Lipinski definition) is 5. The van der Waals surface area contributed by atoms with E-state index in [-0.39, 0.29) is 20.7 Å². The highest BCUT2D eigenvalue weighted by atomic mass is 35.5. The first kappa shape index (κ1) is 17.7. The summed E-state index contributed by atoms with van der Waals surface area (Å²) < 4.78 is 50.4. The molecule has 1 aliphatic rings. The van der Waals surface area contributed by atoms with Crippen LogP contribution in [0.5, 0.6) is 0 Å². The number of piperidine rings is 1. The zero-order valence-corrected chi connectivity index (χ0v) is 14.6. The van der Waals surface area contributed by atoms with Crippen molar-refractivity contribution < 1.29 is 16.8 Å². The fourth-order valence-electron chi connectivity index (χ4n) is 2.32. The molecule has 1 heterocycles. The highest BCUT2D eigenvalue weighted by Gasteiger charge is 2.22. The maximum absolute atomic E-state index is 12.4. The van der Waals surface area contributed by atoms with Crippen molar-refractivity contribution in [3.05, 3.63) is 23.2 Å². The van der Waals surface area contributed by atoms with Gasteiger partial charge in [-0.05, 0) is 50.0 Å². The quantitative estimate of drug-likeness (QED) is 0.811. The zero-order chi connectivity index (χ0) is 16.4. The molecule has 0 aromatic heterocycles. The molecule has 6 nitrogen and oxygen atoms in total. The third-order valence-electron chi connectivity index (χ3n) is 3.58. The van der Waals surface area contributed by atoms with Crippen LogP contribution in [0.15, 0.2) is 28.0 Å². The fraction of sp³-hybridized carbons (Fsp3) is 0.538. The van der Waals surface area contributed by atoms with Crippen LogP contribution in [0.3, 0.4) is 0 Å². The largest absolute Gasteiger partial charge is 0.316 e. The van der Waals surface area contributed by atoms with Crippen LogP contribution in [0.2, 0.25) is 5.02 Å². The molecule has 0 aliphatic carbocycles. The molecular weight excluding hydrogens is 348 g/mol. The Morgan fingerprint density at radius 3 is 2.64 bits per heavy atom. The third-order valence-corrected chi connectivity index (χ3v) is 6.60. The maximum Gasteiger partial charge on any atom is 0.242 e. The van der Waals surface area contributed by atoms with E-state index in [2.05, 4.69) is 10.0 Å². The Hall–Kier alpha value is -0.670. The Morgan fingerprint density at radius 1 is 1.32 bits per heavy atom. The van der Waals surface area contributed by atoms with Gasteiger partial charge in [0.25, 0.3) is 0 Å². The highest BCUT2D eigenvalue weighted by molar-refractivity contribution is 7.91. The van der Waals surface area contributed by atoms with Gasteiger partial charge in [-0.2, -0.15) is 0 Å². The molecule has 1 fully saturated rings. The van der Waals surface area contributed by atoms with Crippen molar-refractivity contribution in [3.63, 3.8) is 0 Å². The van der Waals surface area contributed by atoms with Gasteiger partial charge in [-0.3, -0.25) is 0 Å². The van der Waals surface area contributed by atoms with E-state index >= 15 is 0 Å². The maximum atomic E-state index is 12.4. The number of hydrogen-bond donors (Lipinski definition) is 2. The van der Waals surface area contributed by atoms with E-state index in [0.29, 0.717) is 6.54 Å². The first-order chi connectivity index (χ1) is 10.2. The normalized spacial score (nSPS) is 20.0. The lowest BCUT2D eigenvalue weighted by Crippen LogP contribution is -2.38. The van der Waals surface area contributed by atoms with Crippen LogP contribution in [0.25, 0.3) is 0 Å². The minimum Gasteiger partial charge on any atom is -0.316 e. The van der Waals surface area contributed by atoms with E-state index in [4.69, 9.17) is 11.6 Å². The summed E-state index contributed by atoms with van der Waals surface area (Å²) in [6, 6.07) is 3.68. The molecule has 1 aromatic carbocycles. The molecule has 124 valence electrons. The molecule has 1 aromatic rings. The first-order valence-corrected chi connectivity index (χ1v) is 10.7. The van der Waals surface area contributed by atoms with Gasteiger partial charge in [0.1, 0.15) is 4.90 Å². The van der Waals surface area contributed by atoms with Crippen LogP contribution in [0, 0.1) is 5.92 Å². The molecule has 1 aliphatic heterocycles. The van der Waals surface area contributed by atoms with Gasteiger partial charge >= 0.3 is 0 Å². The van der Waals surface area contributed by atoms with Crippen molar-refractivity contribution in [2.24, 2.45) is 5.92 Å². The monoisotopic (exact) mass is 366 g/mol. The Balaban J connectivity index is 2.21. The second kappa shape index (κ2) is 6.84. The van der Waals surface area contributed by atoms with Crippen LogP contribution in [0.4, 0.5) is 0 Å². The van der Waals surface area contributed by atoms with Crippen LogP contribution in [-0.4, -0.2) is 42.7 Å². The molecule has 2 N–H and O–H groups in total. The van der Waals surface area contributed by atoms with Crippen molar-refractivity contribution in [1.82, 2.24) is 10.0 Å². The summed E-state index contributed by atoms with van der Waals surface area (Å²) in [5.41, 5.74) is 0. The number of benzene rings is 1. The van der Waals surface area contributed by atoms with Crippen molar-refractivity contribution in [2.75, 3.05) is 25.9 Å². The number of nitrogens with one attached hydrogen (secondary N) is 2. The molecule has 0 radical (unpaired) electrons. The second-order valence-electron chi connectivity index (χ2n) is 5.43. The van der Waals surface area contributed by atoms with Gasteiger partial charge in [-0.25, -0.2) is 21.6 Å². The predicted octanol–water partition coefficient (Wildman–Crippen LogP) is 1.02. The van der Waals surface area contributed by atoms with Crippen molar-refractivity contribution in [2.45, 2.75) is 22.6 Å². The zero-order valence-electron chi connectivity index (χ0n) is 12.2. The average molecular weight is 367 g/mol. The molecule has 9 heteroatoms. The van der Waals surface area contributed by atoms with Crippen molar-refractivity contribution in [1.29, 1.82) is 0 Å². The molecular formula is C13H19ClN2O4S2. The predicted molar refractivity (Wildman–Crippen MR) is 85.3 cm³/mol. The summed E-state index contributed by atoms with van der Waals surface area (Å²) in [6.07, 6.45) is 2.98. The smallest absolute Gasteiger partial charge is 0.242 e. The van der Waals surface area contributed by atoms with Gasteiger partial charge in [0.15, 0.2) is 9.84 Å². The number of rotatable bonds is 5. The van der Waals surface area contributed by atoms with Gasteiger partial charge in [0.2, 0.25) is 10.0 Å². The first-order valence-electron chi connectivity index (χ1n) is 6.90. The Labute approximate surface area is 136 Å². The van der Waals surface area contributed by atoms with Crippen LogP contribution in [-0.2, 0) is 19.9 Å². The molecule has 22 heavy (non-hydrogen) atoms. The van der Waals surface area contributed by atoms with Crippen LogP contribution in [0.1, 0.15) is 12.8 Å². The van der Waals surface area contributed by atoms with E-state index in [0.717, 1.165) is 38.3 Å². The second-order valence-corrected chi connectivity index (χ2v) is 9.59. The Kier molecular flexibility index (Phi) is 5.50.